The predicted octanol–water partition coefficient (Wildman–Crippen LogP) is 0.235. The Hall–Kier alpha value is -0.650. The highest BCUT2D eigenvalue weighted by atomic mass is 16.5. The van der Waals surface area contributed by atoms with Crippen LogP contribution in [0, 0.1) is 5.92 Å². The van der Waals surface area contributed by atoms with E-state index < -0.39 is 0 Å². The summed E-state index contributed by atoms with van der Waals surface area (Å²) in [6.07, 6.45) is 2.02. The zero-order chi connectivity index (χ0) is 12.7. The van der Waals surface area contributed by atoms with Crippen molar-refractivity contribution < 1.29 is 14.3 Å². The second kappa shape index (κ2) is 7.63. The molecule has 0 aromatic heterocycles. The molecule has 0 saturated carbocycles. The fourth-order valence-electron chi connectivity index (χ4n) is 2.30. The zero-order valence-electron chi connectivity index (χ0n) is 10.9. The molecule has 1 saturated heterocycles. The average molecular weight is 244 g/mol. The van der Waals surface area contributed by atoms with E-state index in [0.717, 1.165) is 32.5 Å². The summed E-state index contributed by atoms with van der Waals surface area (Å²) in [5, 5.41) is 0. The van der Waals surface area contributed by atoms with Crippen molar-refractivity contribution in [1.82, 2.24) is 4.90 Å². The van der Waals surface area contributed by atoms with Gasteiger partial charge in [-0.1, -0.05) is 0 Å². The number of piperidine rings is 1. The van der Waals surface area contributed by atoms with Gasteiger partial charge in [0.1, 0.15) is 0 Å². The first-order chi connectivity index (χ1) is 8.21. The van der Waals surface area contributed by atoms with Crippen LogP contribution in [-0.4, -0.2) is 56.9 Å². The highest BCUT2D eigenvalue weighted by Gasteiger charge is 2.27. The Morgan fingerprint density at radius 3 is 2.94 bits per heavy atom. The number of ether oxygens (including phenoxy) is 2. The van der Waals surface area contributed by atoms with Crippen molar-refractivity contribution in [3.63, 3.8) is 0 Å². The van der Waals surface area contributed by atoms with Gasteiger partial charge >= 0.3 is 5.97 Å². The van der Waals surface area contributed by atoms with Gasteiger partial charge in [-0.3, -0.25) is 9.69 Å². The molecule has 2 N–H and O–H groups in total. The lowest BCUT2D eigenvalue weighted by Crippen LogP contribution is -2.45. The minimum Gasteiger partial charge on any atom is -0.469 e. The number of carbonyl (C=O) groups excluding carboxylic acids is 1. The largest absolute Gasteiger partial charge is 0.469 e. The third kappa shape index (κ3) is 4.61. The van der Waals surface area contributed by atoms with Crippen LogP contribution in [0.2, 0.25) is 0 Å². The predicted molar refractivity (Wildman–Crippen MR) is 65.6 cm³/mol. The Kier molecular flexibility index (Phi) is 6.47. The quantitative estimate of drug-likeness (QED) is 0.678. The van der Waals surface area contributed by atoms with Crippen LogP contribution >= 0.6 is 0 Å². The molecule has 5 heteroatoms. The Bertz CT molecular complexity index is 236. The molecule has 1 rings (SSSR count). The van der Waals surface area contributed by atoms with Gasteiger partial charge in [-0.05, 0) is 26.3 Å². The minimum absolute atomic E-state index is 0.00815. The molecule has 0 aromatic carbocycles. The molecular formula is C12H24N2O3. The fraction of sp³-hybridized carbons (Fsp3) is 0.917. The maximum Gasteiger partial charge on any atom is 0.309 e. The molecule has 0 amide bonds. The highest BCUT2D eigenvalue weighted by molar-refractivity contribution is 5.72. The van der Waals surface area contributed by atoms with Gasteiger partial charge in [-0.2, -0.15) is 0 Å². The van der Waals surface area contributed by atoms with Gasteiger partial charge in [0.2, 0.25) is 0 Å². The van der Waals surface area contributed by atoms with Crippen LogP contribution in [0.1, 0.15) is 19.8 Å². The SMILES string of the molecule is CCOC(CN)CN1CCCC(C(=O)OC)C1. The van der Waals surface area contributed by atoms with E-state index >= 15 is 0 Å². The molecule has 0 radical (unpaired) electrons. The van der Waals surface area contributed by atoms with Crippen LogP contribution in [0.4, 0.5) is 0 Å². The minimum atomic E-state index is -0.101. The Balaban J connectivity index is 2.40. The first-order valence-electron chi connectivity index (χ1n) is 6.33. The number of nitrogens with zero attached hydrogens (tertiary/aromatic N) is 1. The topological polar surface area (TPSA) is 64.8 Å². The molecule has 0 aromatic rings. The summed E-state index contributed by atoms with van der Waals surface area (Å²) in [6.45, 7) is 5.74. The third-order valence-electron chi connectivity index (χ3n) is 3.17. The van der Waals surface area contributed by atoms with Crippen molar-refractivity contribution >= 4 is 5.97 Å². The van der Waals surface area contributed by atoms with E-state index in [0.29, 0.717) is 13.2 Å². The molecule has 0 bridgehead atoms. The molecule has 17 heavy (non-hydrogen) atoms. The maximum absolute atomic E-state index is 11.5. The summed E-state index contributed by atoms with van der Waals surface area (Å²) >= 11 is 0. The van der Waals surface area contributed by atoms with E-state index in [1.807, 2.05) is 6.92 Å². The summed E-state index contributed by atoms with van der Waals surface area (Å²) in [4.78, 5) is 13.7. The maximum atomic E-state index is 11.5. The molecule has 1 aliphatic rings. The summed E-state index contributed by atoms with van der Waals surface area (Å²) in [7, 11) is 1.45. The number of methoxy groups -OCH3 is 1. The van der Waals surface area contributed by atoms with Crippen molar-refractivity contribution in [1.29, 1.82) is 0 Å². The van der Waals surface area contributed by atoms with Crippen molar-refractivity contribution in [2.75, 3.05) is 39.9 Å². The first-order valence-corrected chi connectivity index (χ1v) is 6.33. The number of rotatable bonds is 6. The molecule has 100 valence electrons. The molecule has 1 heterocycles. The number of carbonyl (C=O) groups is 1. The van der Waals surface area contributed by atoms with Gasteiger partial charge < -0.3 is 15.2 Å². The summed E-state index contributed by atoms with van der Waals surface area (Å²) in [5.41, 5.74) is 5.65. The van der Waals surface area contributed by atoms with E-state index in [2.05, 4.69) is 4.90 Å². The van der Waals surface area contributed by atoms with Gasteiger partial charge in [0.25, 0.3) is 0 Å². The average Bonchev–Trinajstić information content (AvgIpc) is 2.37. The molecule has 2 atom stereocenters. The molecule has 0 aliphatic carbocycles. The molecule has 1 fully saturated rings. The number of hydrogen-bond acceptors (Lipinski definition) is 5. The third-order valence-corrected chi connectivity index (χ3v) is 3.17. The lowest BCUT2D eigenvalue weighted by Gasteiger charge is -2.33. The Morgan fingerprint density at radius 2 is 2.35 bits per heavy atom. The number of likely N-dealkylation sites (tertiary alicyclic amines) is 1. The van der Waals surface area contributed by atoms with Crippen molar-refractivity contribution in [2.24, 2.45) is 11.7 Å². The molecule has 1 aliphatic heterocycles. The van der Waals surface area contributed by atoms with Gasteiger partial charge in [0.05, 0.1) is 19.1 Å². The van der Waals surface area contributed by atoms with Crippen LogP contribution in [0.25, 0.3) is 0 Å². The normalized spacial score (nSPS) is 23.4. The Labute approximate surface area is 103 Å². The molecule has 0 spiro atoms. The lowest BCUT2D eigenvalue weighted by molar-refractivity contribution is -0.147. The molecular weight excluding hydrogens is 220 g/mol. The van der Waals surface area contributed by atoms with Gasteiger partial charge in [-0.15, -0.1) is 0 Å². The second-order valence-electron chi connectivity index (χ2n) is 4.43. The van der Waals surface area contributed by atoms with E-state index in [1.165, 1.54) is 7.11 Å². The van der Waals surface area contributed by atoms with Gasteiger partial charge in [0, 0.05) is 26.2 Å². The number of hydrogen-bond donors (Lipinski definition) is 1. The van der Waals surface area contributed by atoms with Gasteiger partial charge in [-0.25, -0.2) is 0 Å². The van der Waals surface area contributed by atoms with Crippen molar-refractivity contribution in [3.8, 4) is 0 Å². The van der Waals surface area contributed by atoms with Crippen LogP contribution in [0.15, 0.2) is 0 Å². The first kappa shape index (κ1) is 14.4. The monoisotopic (exact) mass is 244 g/mol. The smallest absolute Gasteiger partial charge is 0.309 e. The van der Waals surface area contributed by atoms with Crippen LogP contribution in [0.5, 0.6) is 0 Å². The number of nitrogens with two attached hydrogens (primary N) is 1. The van der Waals surface area contributed by atoms with Crippen molar-refractivity contribution in [3.05, 3.63) is 0 Å². The van der Waals surface area contributed by atoms with E-state index in [1.54, 1.807) is 0 Å². The number of esters is 1. The molecule has 5 nitrogen and oxygen atoms in total. The standard InChI is InChI=1S/C12H24N2O3/c1-3-17-11(7-13)9-14-6-4-5-10(8-14)12(15)16-2/h10-11H,3-9,13H2,1-2H3. The van der Waals surface area contributed by atoms with Crippen molar-refractivity contribution in [2.45, 2.75) is 25.9 Å². The molecule has 2 unspecified atom stereocenters. The van der Waals surface area contributed by atoms with E-state index in [-0.39, 0.29) is 18.0 Å². The zero-order valence-corrected chi connectivity index (χ0v) is 10.9. The Morgan fingerprint density at radius 1 is 1.59 bits per heavy atom. The van der Waals surface area contributed by atoms with Crippen LogP contribution < -0.4 is 5.73 Å². The summed E-state index contributed by atoms with van der Waals surface area (Å²) in [5.74, 6) is -0.0933. The highest BCUT2D eigenvalue weighted by Crippen LogP contribution is 2.18. The van der Waals surface area contributed by atoms with Crippen LogP contribution in [0.3, 0.4) is 0 Å². The fourth-order valence-corrected chi connectivity index (χ4v) is 2.30. The lowest BCUT2D eigenvalue weighted by atomic mass is 9.98. The van der Waals surface area contributed by atoms with Gasteiger partial charge in [0.15, 0.2) is 0 Å². The van der Waals surface area contributed by atoms with Crippen LogP contribution in [-0.2, 0) is 14.3 Å². The second-order valence-corrected chi connectivity index (χ2v) is 4.43. The summed E-state index contributed by atoms with van der Waals surface area (Å²) < 4.78 is 10.3. The van der Waals surface area contributed by atoms with E-state index in [9.17, 15) is 4.79 Å². The van der Waals surface area contributed by atoms with E-state index in [4.69, 9.17) is 15.2 Å². The summed E-state index contributed by atoms with van der Waals surface area (Å²) in [6, 6.07) is 0.